The fourth-order valence-corrected chi connectivity index (χ4v) is 4.10. The molecule has 0 saturated carbocycles. The minimum absolute atomic E-state index is 0.0112. The van der Waals surface area contributed by atoms with Crippen LogP contribution in [0, 0.1) is 5.41 Å². The van der Waals surface area contributed by atoms with Gasteiger partial charge >= 0.3 is 5.69 Å². The van der Waals surface area contributed by atoms with Crippen molar-refractivity contribution >= 4 is 11.8 Å². The molecule has 0 unspecified atom stereocenters. The van der Waals surface area contributed by atoms with Crippen molar-refractivity contribution in [3.63, 3.8) is 0 Å². The molecular formula is C18H27N5O4. The maximum Gasteiger partial charge on any atom is 0.326 e. The highest BCUT2D eigenvalue weighted by molar-refractivity contribution is 5.92. The first-order valence-electron chi connectivity index (χ1n) is 9.33. The molecule has 1 aromatic rings. The van der Waals surface area contributed by atoms with Crippen molar-refractivity contribution in [3.05, 3.63) is 32.6 Å². The van der Waals surface area contributed by atoms with Crippen LogP contribution in [0.3, 0.4) is 0 Å². The number of nitrogens with zero attached hydrogens (tertiary/aromatic N) is 3. The molecule has 2 aliphatic heterocycles. The van der Waals surface area contributed by atoms with Gasteiger partial charge in [0.05, 0.1) is 0 Å². The summed E-state index contributed by atoms with van der Waals surface area (Å²) in [6.45, 7) is 3.25. The van der Waals surface area contributed by atoms with Crippen LogP contribution in [0.1, 0.15) is 36.2 Å². The molecule has 27 heavy (non-hydrogen) atoms. The first-order valence-corrected chi connectivity index (χ1v) is 9.33. The Hall–Kier alpha value is -2.42. The van der Waals surface area contributed by atoms with Crippen LogP contribution in [0.25, 0.3) is 0 Å². The maximum atomic E-state index is 12.8. The Morgan fingerprint density at radius 1 is 1.19 bits per heavy atom. The Balaban J connectivity index is 1.74. The first-order chi connectivity index (χ1) is 12.8. The summed E-state index contributed by atoms with van der Waals surface area (Å²) in [5.74, 6) is -0.168. The van der Waals surface area contributed by atoms with E-state index in [1.54, 1.807) is 4.90 Å². The number of hydrogen-bond donors (Lipinski definition) is 2. The summed E-state index contributed by atoms with van der Waals surface area (Å²) in [5.41, 5.74) is -1.38. The predicted molar refractivity (Wildman–Crippen MR) is 99.6 cm³/mol. The summed E-state index contributed by atoms with van der Waals surface area (Å²) in [5, 5.41) is 0. The van der Waals surface area contributed by atoms with Gasteiger partial charge in [0.2, 0.25) is 5.91 Å². The number of likely N-dealkylation sites (N-methyl/N-ethyl adjacent to an activating group) is 1. The van der Waals surface area contributed by atoms with E-state index in [9.17, 15) is 19.2 Å². The van der Waals surface area contributed by atoms with E-state index in [0.717, 1.165) is 31.9 Å². The molecule has 1 atom stereocenters. The molecule has 1 aromatic heterocycles. The molecule has 2 fully saturated rings. The third kappa shape index (κ3) is 4.47. The largest absolute Gasteiger partial charge is 0.341 e. The molecule has 3 rings (SSSR count). The quantitative estimate of drug-likeness (QED) is 0.733. The molecule has 0 aromatic carbocycles. The summed E-state index contributed by atoms with van der Waals surface area (Å²) < 4.78 is 0. The van der Waals surface area contributed by atoms with Gasteiger partial charge in [-0.1, -0.05) is 0 Å². The molecule has 1 spiro atoms. The molecular weight excluding hydrogens is 350 g/mol. The number of nitrogens with one attached hydrogen (secondary N) is 2. The van der Waals surface area contributed by atoms with E-state index in [2.05, 4.69) is 14.9 Å². The molecule has 2 amide bonds. The van der Waals surface area contributed by atoms with Crippen LogP contribution in [-0.2, 0) is 4.79 Å². The van der Waals surface area contributed by atoms with Crippen molar-refractivity contribution in [2.45, 2.75) is 25.7 Å². The van der Waals surface area contributed by atoms with Crippen LogP contribution < -0.4 is 11.2 Å². The summed E-state index contributed by atoms with van der Waals surface area (Å²) in [4.78, 5) is 58.2. The van der Waals surface area contributed by atoms with Gasteiger partial charge < -0.3 is 19.7 Å². The lowest BCUT2D eigenvalue weighted by Gasteiger charge is -2.48. The summed E-state index contributed by atoms with van der Waals surface area (Å²) in [6, 6.07) is 1.12. The van der Waals surface area contributed by atoms with E-state index in [0.29, 0.717) is 32.6 Å². The second-order valence-corrected chi connectivity index (χ2v) is 7.95. The van der Waals surface area contributed by atoms with Crippen molar-refractivity contribution in [1.29, 1.82) is 0 Å². The average molecular weight is 377 g/mol. The van der Waals surface area contributed by atoms with Gasteiger partial charge in [0, 0.05) is 50.6 Å². The fraction of sp³-hybridized carbons (Fsp3) is 0.667. The number of rotatable bonds is 4. The van der Waals surface area contributed by atoms with Crippen LogP contribution in [-0.4, -0.2) is 83.3 Å². The molecule has 0 bridgehead atoms. The van der Waals surface area contributed by atoms with Gasteiger partial charge in [0.25, 0.3) is 11.5 Å². The van der Waals surface area contributed by atoms with Crippen molar-refractivity contribution in [2.75, 3.05) is 46.8 Å². The minimum Gasteiger partial charge on any atom is -0.341 e. The normalized spacial score (nSPS) is 23.3. The van der Waals surface area contributed by atoms with Crippen molar-refractivity contribution in [3.8, 4) is 0 Å². The second kappa shape index (κ2) is 7.67. The molecule has 9 heteroatoms. The Morgan fingerprint density at radius 2 is 1.96 bits per heavy atom. The van der Waals surface area contributed by atoms with Gasteiger partial charge in [0.15, 0.2) is 0 Å². The van der Waals surface area contributed by atoms with Gasteiger partial charge in [-0.25, -0.2) is 4.79 Å². The number of H-pyrrole nitrogens is 2. The molecule has 0 radical (unpaired) electrons. The number of carbonyl (C=O) groups excluding carboxylic acids is 2. The zero-order valence-electron chi connectivity index (χ0n) is 15.9. The van der Waals surface area contributed by atoms with E-state index in [4.69, 9.17) is 0 Å². The van der Waals surface area contributed by atoms with E-state index >= 15 is 0 Å². The zero-order chi connectivity index (χ0) is 19.6. The SMILES string of the molecule is CN(C)CCN1C[C@]2(CCCN(C(=O)c3cc(=O)[nH]c(=O)[nH]3)C2)CCC1=O. The maximum absolute atomic E-state index is 12.8. The zero-order valence-corrected chi connectivity index (χ0v) is 15.9. The van der Waals surface area contributed by atoms with E-state index < -0.39 is 11.2 Å². The summed E-state index contributed by atoms with van der Waals surface area (Å²) in [6.07, 6.45) is 3.07. The van der Waals surface area contributed by atoms with Crippen LogP contribution in [0.5, 0.6) is 0 Å². The van der Waals surface area contributed by atoms with Gasteiger partial charge in [-0.2, -0.15) is 0 Å². The first kappa shape index (κ1) is 19.3. The van der Waals surface area contributed by atoms with Crippen molar-refractivity contribution < 1.29 is 9.59 Å². The molecule has 2 N–H and O–H groups in total. The fourth-order valence-electron chi connectivity index (χ4n) is 4.10. The highest BCUT2D eigenvalue weighted by Crippen LogP contribution is 2.39. The molecule has 148 valence electrons. The molecule has 2 aliphatic rings. The van der Waals surface area contributed by atoms with Crippen LogP contribution in [0.15, 0.2) is 15.7 Å². The number of carbonyl (C=O) groups is 2. The number of likely N-dealkylation sites (tertiary alicyclic amines) is 2. The monoisotopic (exact) mass is 377 g/mol. The lowest BCUT2D eigenvalue weighted by atomic mass is 9.73. The number of aromatic amines is 2. The van der Waals surface area contributed by atoms with Crippen LogP contribution in [0.2, 0.25) is 0 Å². The smallest absolute Gasteiger partial charge is 0.326 e. The van der Waals surface area contributed by atoms with Gasteiger partial charge in [0.1, 0.15) is 5.69 Å². The van der Waals surface area contributed by atoms with Gasteiger partial charge in [-0.05, 0) is 33.4 Å². The molecule has 2 saturated heterocycles. The Bertz CT molecular complexity index is 801. The number of aromatic nitrogens is 2. The highest BCUT2D eigenvalue weighted by Gasteiger charge is 2.42. The standard InChI is InChI=1S/C18H27N5O4/c1-21(2)8-9-22-11-18(6-4-15(22)25)5-3-7-23(12-18)16(26)13-10-14(24)20-17(27)19-13/h10H,3-9,11-12H2,1-2H3,(H2,19,20,24,27)/t18-/m0/s1. The van der Waals surface area contributed by atoms with E-state index in [1.165, 1.54) is 0 Å². The molecule has 0 aliphatic carbocycles. The van der Waals surface area contributed by atoms with Gasteiger partial charge in [-0.15, -0.1) is 0 Å². The van der Waals surface area contributed by atoms with Crippen LogP contribution >= 0.6 is 0 Å². The topological polar surface area (TPSA) is 110 Å². The number of amides is 2. The number of piperidine rings is 2. The Kier molecular flexibility index (Phi) is 5.50. The third-order valence-corrected chi connectivity index (χ3v) is 5.50. The van der Waals surface area contributed by atoms with E-state index in [1.807, 2.05) is 19.0 Å². The Labute approximate surface area is 157 Å². The number of hydrogen-bond acceptors (Lipinski definition) is 5. The average Bonchev–Trinajstić information content (AvgIpc) is 2.61. The second-order valence-electron chi connectivity index (χ2n) is 7.95. The minimum atomic E-state index is -0.685. The van der Waals surface area contributed by atoms with E-state index in [-0.39, 0.29) is 22.9 Å². The summed E-state index contributed by atoms with van der Waals surface area (Å²) >= 11 is 0. The Morgan fingerprint density at radius 3 is 2.67 bits per heavy atom. The van der Waals surface area contributed by atoms with Gasteiger partial charge in [-0.3, -0.25) is 19.4 Å². The molecule has 3 heterocycles. The third-order valence-electron chi connectivity index (χ3n) is 5.50. The van der Waals surface area contributed by atoms with Crippen molar-refractivity contribution in [2.24, 2.45) is 5.41 Å². The molecule has 9 nitrogen and oxygen atoms in total. The lowest BCUT2D eigenvalue weighted by Crippen LogP contribution is -2.56. The highest BCUT2D eigenvalue weighted by atomic mass is 16.2. The predicted octanol–water partition coefficient (Wildman–Crippen LogP) is -0.530. The van der Waals surface area contributed by atoms with Crippen molar-refractivity contribution in [1.82, 2.24) is 24.7 Å². The summed E-state index contributed by atoms with van der Waals surface area (Å²) in [7, 11) is 3.96. The lowest BCUT2D eigenvalue weighted by molar-refractivity contribution is -0.139. The van der Waals surface area contributed by atoms with Crippen LogP contribution in [0.4, 0.5) is 0 Å².